The summed E-state index contributed by atoms with van der Waals surface area (Å²) in [5, 5.41) is 8.86. The zero-order valence-electron chi connectivity index (χ0n) is 10.7. The largest absolute Gasteiger partial charge is 0.299 e. The fourth-order valence-corrected chi connectivity index (χ4v) is 3.13. The first kappa shape index (κ1) is 13.0. The minimum Gasteiger partial charge on any atom is -0.299 e. The lowest BCUT2D eigenvalue weighted by molar-refractivity contribution is 0.267. The monoisotopic (exact) mass is 295 g/mol. The van der Waals surface area contributed by atoms with Crippen LogP contribution in [0.1, 0.15) is 18.2 Å². The second kappa shape index (κ2) is 5.16. The second-order valence-electron chi connectivity index (χ2n) is 4.74. The van der Waals surface area contributed by atoms with Gasteiger partial charge in [-0.05, 0) is 18.7 Å². The molecule has 1 aliphatic heterocycles. The molecule has 1 aromatic heterocycles. The number of H-pyrrole nitrogens is 1. The van der Waals surface area contributed by atoms with Gasteiger partial charge in [-0.1, -0.05) is 36.2 Å². The van der Waals surface area contributed by atoms with Crippen LogP contribution in [0.5, 0.6) is 0 Å². The highest BCUT2D eigenvalue weighted by Crippen LogP contribution is 2.37. The Morgan fingerprint density at radius 3 is 2.74 bits per heavy atom. The highest BCUT2D eigenvalue weighted by molar-refractivity contribution is 6.39. The van der Waals surface area contributed by atoms with E-state index >= 15 is 0 Å². The predicted molar refractivity (Wildman–Crippen MR) is 78.7 cm³/mol. The molecule has 0 bridgehead atoms. The lowest BCUT2D eigenvalue weighted by atomic mass is 10.0. The fraction of sp³-hybridized carbons (Fsp3) is 0.357. The predicted octanol–water partition coefficient (Wildman–Crippen LogP) is 3.76. The Labute approximate surface area is 122 Å². The van der Waals surface area contributed by atoms with Crippen molar-refractivity contribution in [2.75, 3.05) is 13.1 Å². The van der Waals surface area contributed by atoms with E-state index < -0.39 is 0 Å². The van der Waals surface area contributed by atoms with Gasteiger partial charge in [0, 0.05) is 36.3 Å². The molecular weight excluding hydrogens is 281 g/mol. The molecular formula is C14H15Cl2N3. The maximum Gasteiger partial charge on any atom is 0.0998 e. The van der Waals surface area contributed by atoms with Crippen LogP contribution in [0.3, 0.4) is 0 Å². The van der Waals surface area contributed by atoms with E-state index in [9.17, 15) is 0 Å². The van der Waals surface area contributed by atoms with Crippen LogP contribution < -0.4 is 0 Å². The molecule has 2 aromatic rings. The minimum absolute atomic E-state index is 0.649. The van der Waals surface area contributed by atoms with Crippen LogP contribution in [0.15, 0.2) is 18.2 Å². The summed E-state index contributed by atoms with van der Waals surface area (Å²) in [6.45, 7) is 5.19. The first-order valence-corrected chi connectivity index (χ1v) is 7.19. The van der Waals surface area contributed by atoms with E-state index in [2.05, 4.69) is 22.0 Å². The average Bonchev–Trinajstić information content (AvgIpc) is 2.81. The summed E-state index contributed by atoms with van der Waals surface area (Å²) in [5.41, 5.74) is 4.16. The molecule has 0 atom stereocenters. The van der Waals surface area contributed by atoms with Crippen LogP contribution >= 0.6 is 23.2 Å². The van der Waals surface area contributed by atoms with Gasteiger partial charge in [0.25, 0.3) is 0 Å². The molecule has 0 spiro atoms. The lowest BCUT2D eigenvalue weighted by Crippen LogP contribution is -2.30. The molecule has 1 aliphatic rings. The molecule has 0 amide bonds. The van der Waals surface area contributed by atoms with Crippen molar-refractivity contribution in [1.82, 2.24) is 15.1 Å². The first-order valence-electron chi connectivity index (χ1n) is 6.43. The van der Waals surface area contributed by atoms with E-state index in [1.165, 1.54) is 11.3 Å². The summed E-state index contributed by atoms with van der Waals surface area (Å²) in [5.74, 6) is 0. The zero-order chi connectivity index (χ0) is 13.4. The van der Waals surface area contributed by atoms with Crippen molar-refractivity contribution in [3.63, 3.8) is 0 Å². The number of hydrogen-bond donors (Lipinski definition) is 1. The quantitative estimate of drug-likeness (QED) is 0.915. The van der Waals surface area contributed by atoms with E-state index in [1.807, 2.05) is 18.2 Å². The summed E-state index contributed by atoms with van der Waals surface area (Å²) < 4.78 is 0. The number of hydrogen-bond acceptors (Lipinski definition) is 2. The van der Waals surface area contributed by atoms with Crippen LogP contribution in [-0.4, -0.2) is 28.2 Å². The van der Waals surface area contributed by atoms with Gasteiger partial charge in [0.1, 0.15) is 0 Å². The molecule has 3 nitrogen and oxygen atoms in total. The molecule has 0 unspecified atom stereocenters. The number of nitrogens with one attached hydrogen (secondary N) is 1. The third kappa shape index (κ3) is 2.27. The van der Waals surface area contributed by atoms with Crippen molar-refractivity contribution < 1.29 is 0 Å². The third-order valence-corrected chi connectivity index (χ3v) is 4.29. The molecule has 0 radical (unpaired) electrons. The van der Waals surface area contributed by atoms with E-state index in [0.717, 1.165) is 37.3 Å². The Balaban J connectivity index is 2.10. The molecule has 2 heterocycles. The standard InChI is InChI=1S/C14H15Cl2N3/c1-2-19-7-6-12-9(8-19)14(18-17-12)13-10(15)4-3-5-11(13)16/h3-5H,2,6-8H2,1H3,(H,17,18). The van der Waals surface area contributed by atoms with Crippen molar-refractivity contribution in [3.05, 3.63) is 39.5 Å². The number of benzene rings is 1. The van der Waals surface area contributed by atoms with Crippen LogP contribution in [0.25, 0.3) is 11.3 Å². The first-order chi connectivity index (χ1) is 9.20. The van der Waals surface area contributed by atoms with E-state index in [4.69, 9.17) is 23.2 Å². The molecule has 1 aromatic carbocycles. The molecule has 19 heavy (non-hydrogen) atoms. The molecule has 0 saturated carbocycles. The Hall–Kier alpha value is -1.03. The number of aromatic nitrogens is 2. The maximum absolute atomic E-state index is 6.28. The van der Waals surface area contributed by atoms with Gasteiger partial charge < -0.3 is 0 Å². The van der Waals surface area contributed by atoms with Gasteiger partial charge in [0.2, 0.25) is 0 Å². The summed E-state index contributed by atoms with van der Waals surface area (Å²) in [4.78, 5) is 2.39. The number of nitrogens with zero attached hydrogens (tertiary/aromatic N) is 2. The number of halogens is 2. The van der Waals surface area contributed by atoms with Gasteiger partial charge in [-0.25, -0.2) is 0 Å². The van der Waals surface area contributed by atoms with Crippen molar-refractivity contribution in [2.45, 2.75) is 19.9 Å². The smallest absolute Gasteiger partial charge is 0.0998 e. The van der Waals surface area contributed by atoms with Crippen LogP contribution in [0, 0.1) is 0 Å². The van der Waals surface area contributed by atoms with Crippen LogP contribution in [0.4, 0.5) is 0 Å². The minimum atomic E-state index is 0.649. The van der Waals surface area contributed by atoms with E-state index in [-0.39, 0.29) is 0 Å². The number of likely N-dealkylation sites (N-methyl/N-ethyl adjacent to an activating group) is 1. The van der Waals surface area contributed by atoms with E-state index in [0.29, 0.717) is 10.0 Å². The molecule has 0 saturated heterocycles. The second-order valence-corrected chi connectivity index (χ2v) is 5.56. The van der Waals surface area contributed by atoms with Crippen molar-refractivity contribution >= 4 is 23.2 Å². The third-order valence-electron chi connectivity index (χ3n) is 3.66. The summed E-state index contributed by atoms with van der Waals surface area (Å²) >= 11 is 12.6. The topological polar surface area (TPSA) is 31.9 Å². The Bertz CT molecular complexity index is 586. The average molecular weight is 296 g/mol. The Morgan fingerprint density at radius 2 is 2.05 bits per heavy atom. The molecule has 0 fully saturated rings. The van der Waals surface area contributed by atoms with Crippen LogP contribution in [0.2, 0.25) is 10.0 Å². The summed E-state index contributed by atoms with van der Waals surface area (Å²) in [6, 6.07) is 5.56. The summed E-state index contributed by atoms with van der Waals surface area (Å²) in [6.07, 6.45) is 0.998. The SMILES string of the molecule is CCN1CCc2[nH]nc(-c3c(Cl)cccc3Cl)c2C1. The number of aromatic amines is 1. The highest BCUT2D eigenvalue weighted by atomic mass is 35.5. The number of fused-ring (bicyclic) bond motifs is 1. The fourth-order valence-electron chi connectivity index (χ4n) is 2.55. The van der Waals surface area contributed by atoms with Crippen molar-refractivity contribution in [1.29, 1.82) is 0 Å². The van der Waals surface area contributed by atoms with Gasteiger partial charge in [-0.3, -0.25) is 10.00 Å². The van der Waals surface area contributed by atoms with Gasteiger partial charge >= 0.3 is 0 Å². The van der Waals surface area contributed by atoms with Gasteiger partial charge in [-0.15, -0.1) is 0 Å². The lowest BCUT2D eigenvalue weighted by Gasteiger charge is -2.25. The molecule has 100 valence electrons. The summed E-state index contributed by atoms with van der Waals surface area (Å²) in [7, 11) is 0. The Kier molecular flexibility index (Phi) is 3.52. The number of rotatable bonds is 2. The maximum atomic E-state index is 6.28. The van der Waals surface area contributed by atoms with Gasteiger partial charge in [0.05, 0.1) is 15.7 Å². The van der Waals surface area contributed by atoms with Crippen molar-refractivity contribution in [2.24, 2.45) is 0 Å². The molecule has 5 heteroatoms. The van der Waals surface area contributed by atoms with E-state index in [1.54, 1.807) is 0 Å². The molecule has 1 N–H and O–H groups in total. The Morgan fingerprint density at radius 1 is 1.32 bits per heavy atom. The normalized spacial score (nSPS) is 15.5. The van der Waals surface area contributed by atoms with Gasteiger partial charge in [0.15, 0.2) is 0 Å². The highest BCUT2D eigenvalue weighted by Gasteiger charge is 2.24. The molecule has 0 aliphatic carbocycles. The van der Waals surface area contributed by atoms with Crippen molar-refractivity contribution in [3.8, 4) is 11.3 Å². The van der Waals surface area contributed by atoms with Crippen LogP contribution in [-0.2, 0) is 13.0 Å². The van der Waals surface area contributed by atoms with Gasteiger partial charge in [-0.2, -0.15) is 5.10 Å². The molecule has 3 rings (SSSR count). The zero-order valence-corrected chi connectivity index (χ0v) is 12.2.